The van der Waals surface area contributed by atoms with Gasteiger partial charge in [-0.15, -0.1) is 0 Å². The van der Waals surface area contributed by atoms with E-state index in [1.807, 2.05) is 62.4 Å². The standard InChI is InChI=1S/C30H35N3O4S/c1-20-7-13-26-28(17-20)37-27-14-10-23(36-6)18-25(27)29(31-26)32-15-16-33(21(2)19-32)38(34,35)24-11-8-22(9-12-24)30(3,4)5/h7-14,17-18,21H,15-16,19H2,1-6H3/t21-/m0/s1. The van der Waals surface area contributed by atoms with Gasteiger partial charge in [0, 0.05) is 25.7 Å². The van der Waals surface area contributed by atoms with Gasteiger partial charge in [0.1, 0.15) is 23.0 Å². The SMILES string of the molecule is COc1ccc2c(c1)C(N1CCN(S(=O)(=O)c3ccc(C(C)(C)C)cc3)[C@@H](C)C1)=Nc1ccc(C)cc1O2. The zero-order valence-electron chi connectivity index (χ0n) is 22.9. The molecule has 2 aliphatic rings. The third-order valence-electron chi connectivity index (χ3n) is 7.18. The van der Waals surface area contributed by atoms with Crippen LogP contribution >= 0.6 is 0 Å². The van der Waals surface area contributed by atoms with E-state index in [-0.39, 0.29) is 11.5 Å². The zero-order chi connectivity index (χ0) is 27.2. The fourth-order valence-electron chi connectivity index (χ4n) is 4.98. The monoisotopic (exact) mass is 533 g/mol. The maximum absolute atomic E-state index is 13.6. The number of nitrogens with zero attached hydrogens (tertiary/aromatic N) is 3. The predicted molar refractivity (Wildman–Crippen MR) is 151 cm³/mol. The number of benzene rings is 3. The highest BCUT2D eigenvalue weighted by molar-refractivity contribution is 7.89. The van der Waals surface area contributed by atoms with Crippen molar-refractivity contribution in [1.29, 1.82) is 0 Å². The van der Waals surface area contributed by atoms with E-state index in [2.05, 4.69) is 25.7 Å². The molecule has 0 bridgehead atoms. The van der Waals surface area contributed by atoms with Gasteiger partial charge in [-0.1, -0.05) is 39.0 Å². The average molecular weight is 534 g/mol. The number of rotatable bonds is 3. The van der Waals surface area contributed by atoms with Crippen LogP contribution in [0.4, 0.5) is 5.69 Å². The Hall–Kier alpha value is -3.36. The fraction of sp³-hybridized carbons (Fsp3) is 0.367. The first kappa shape index (κ1) is 26.3. The minimum atomic E-state index is -3.64. The molecule has 0 aromatic heterocycles. The molecule has 200 valence electrons. The van der Waals surface area contributed by atoms with Gasteiger partial charge < -0.3 is 14.4 Å². The zero-order valence-corrected chi connectivity index (χ0v) is 23.7. The number of piperazine rings is 1. The van der Waals surface area contributed by atoms with Gasteiger partial charge in [-0.3, -0.25) is 0 Å². The third kappa shape index (κ3) is 4.90. The molecule has 5 rings (SSSR count). The molecule has 0 unspecified atom stereocenters. The van der Waals surface area contributed by atoms with Gasteiger partial charge in [-0.05, 0) is 72.9 Å². The van der Waals surface area contributed by atoms with Crippen molar-refractivity contribution in [2.24, 2.45) is 4.99 Å². The van der Waals surface area contributed by atoms with E-state index in [0.29, 0.717) is 41.8 Å². The number of aliphatic imine (C=N–C) groups is 1. The van der Waals surface area contributed by atoms with Crippen molar-refractivity contribution in [3.63, 3.8) is 0 Å². The molecule has 3 aromatic carbocycles. The van der Waals surface area contributed by atoms with Crippen LogP contribution in [0, 0.1) is 6.92 Å². The van der Waals surface area contributed by atoms with Crippen LogP contribution in [0.3, 0.4) is 0 Å². The van der Waals surface area contributed by atoms with Crippen LogP contribution in [0.1, 0.15) is 44.4 Å². The number of aryl methyl sites for hydroxylation is 1. The lowest BCUT2D eigenvalue weighted by Crippen LogP contribution is -2.55. The Bertz CT molecular complexity index is 1490. The highest BCUT2D eigenvalue weighted by Crippen LogP contribution is 2.40. The molecule has 2 heterocycles. The summed E-state index contributed by atoms with van der Waals surface area (Å²) in [5, 5.41) is 0. The van der Waals surface area contributed by atoms with Gasteiger partial charge in [0.05, 0.1) is 17.6 Å². The van der Waals surface area contributed by atoms with Gasteiger partial charge in [0.15, 0.2) is 5.75 Å². The quantitative estimate of drug-likeness (QED) is 0.420. The van der Waals surface area contributed by atoms with Crippen LogP contribution in [0.5, 0.6) is 17.2 Å². The normalized spacial score (nSPS) is 18.1. The van der Waals surface area contributed by atoms with Crippen molar-refractivity contribution in [3.8, 4) is 17.2 Å². The van der Waals surface area contributed by atoms with Gasteiger partial charge in [0.25, 0.3) is 0 Å². The Morgan fingerprint density at radius 1 is 0.974 bits per heavy atom. The summed E-state index contributed by atoms with van der Waals surface area (Å²) in [5.74, 6) is 2.84. The van der Waals surface area contributed by atoms with Crippen molar-refractivity contribution in [1.82, 2.24) is 9.21 Å². The number of methoxy groups -OCH3 is 1. The molecule has 0 spiro atoms. The van der Waals surface area contributed by atoms with Gasteiger partial charge in [0.2, 0.25) is 10.0 Å². The van der Waals surface area contributed by atoms with Gasteiger partial charge in [-0.2, -0.15) is 4.31 Å². The lowest BCUT2D eigenvalue weighted by Gasteiger charge is -2.40. The lowest BCUT2D eigenvalue weighted by molar-refractivity contribution is 0.205. The summed E-state index contributed by atoms with van der Waals surface area (Å²) in [6, 6.07) is 18.7. The average Bonchev–Trinajstić information content (AvgIpc) is 3.03. The second kappa shape index (κ2) is 9.75. The first-order valence-electron chi connectivity index (χ1n) is 12.9. The van der Waals surface area contributed by atoms with Crippen LogP contribution < -0.4 is 9.47 Å². The fourth-order valence-corrected chi connectivity index (χ4v) is 6.60. The first-order valence-corrected chi connectivity index (χ1v) is 14.3. The lowest BCUT2D eigenvalue weighted by atomic mass is 9.87. The number of amidine groups is 1. The minimum Gasteiger partial charge on any atom is -0.497 e. The number of ether oxygens (including phenoxy) is 2. The Kier molecular flexibility index (Phi) is 6.73. The van der Waals surface area contributed by atoms with E-state index in [1.165, 1.54) is 0 Å². The van der Waals surface area contributed by atoms with E-state index in [0.717, 1.165) is 28.2 Å². The summed E-state index contributed by atoms with van der Waals surface area (Å²) in [4.78, 5) is 7.50. The molecule has 3 aromatic rings. The largest absolute Gasteiger partial charge is 0.497 e. The Morgan fingerprint density at radius 2 is 1.71 bits per heavy atom. The first-order chi connectivity index (χ1) is 18.0. The van der Waals surface area contributed by atoms with Crippen molar-refractivity contribution in [3.05, 3.63) is 77.4 Å². The highest BCUT2D eigenvalue weighted by atomic mass is 32.2. The molecule has 1 fully saturated rings. The van der Waals surface area contributed by atoms with Crippen molar-refractivity contribution < 1.29 is 17.9 Å². The Balaban J connectivity index is 1.46. The summed E-state index contributed by atoms with van der Waals surface area (Å²) < 4.78 is 40.6. The van der Waals surface area contributed by atoms with E-state index < -0.39 is 10.0 Å². The molecular formula is C30H35N3O4S. The summed E-state index contributed by atoms with van der Waals surface area (Å²) in [6.07, 6.45) is 0. The molecule has 0 radical (unpaired) electrons. The smallest absolute Gasteiger partial charge is 0.243 e. The number of hydrogen-bond acceptors (Lipinski definition) is 6. The molecule has 0 saturated carbocycles. The molecule has 0 N–H and O–H groups in total. The van der Waals surface area contributed by atoms with E-state index >= 15 is 0 Å². The number of hydrogen-bond donors (Lipinski definition) is 0. The highest BCUT2D eigenvalue weighted by Gasteiger charge is 2.36. The van der Waals surface area contributed by atoms with Crippen molar-refractivity contribution >= 4 is 21.5 Å². The molecule has 7 nitrogen and oxygen atoms in total. The molecule has 0 aliphatic carbocycles. The molecule has 38 heavy (non-hydrogen) atoms. The van der Waals surface area contributed by atoms with E-state index in [1.54, 1.807) is 23.5 Å². The second-order valence-corrected chi connectivity index (χ2v) is 12.9. The van der Waals surface area contributed by atoms with Crippen LogP contribution in [-0.4, -0.2) is 56.2 Å². The third-order valence-corrected chi connectivity index (χ3v) is 9.21. The molecule has 1 atom stereocenters. The van der Waals surface area contributed by atoms with Crippen molar-refractivity contribution in [2.75, 3.05) is 26.7 Å². The van der Waals surface area contributed by atoms with Gasteiger partial charge >= 0.3 is 0 Å². The minimum absolute atomic E-state index is 0.0410. The van der Waals surface area contributed by atoms with Crippen molar-refractivity contribution in [2.45, 2.75) is 51.0 Å². The summed E-state index contributed by atoms with van der Waals surface area (Å²) in [5.41, 5.74) is 3.70. The summed E-state index contributed by atoms with van der Waals surface area (Å²) in [7, 11) is -2.00. The Morgan fingerprint density at radius 3 is 2.37 bits per heavy atom. The second-order valence-electron chi connectivity index (χ2n) is 11.1. The molecule has 1 saturated heterocycles. The summed E-state index contributed by atoms with van der Waals surface area (Å²) >= 11 is 0. The van der Waals surface area contributed by atoms with Crippen LogP contribution in [0.15, 0.2) is 70.6 Å². The van der Waals surface area contributed by atoms with Crippen LogP contribution in [0.25, 0.3) is 0 Å². The maximum Gasteiger partial charge on any atom is 0.243 e. The van der Waals surface area contributed by atoms with E-state index in [9.17, 15) is 8.42 Å². The Labute approximate surface area is 225 Å². The molecular weight excluding hydrogens is 498 g/mol. The van der Waals surface area contributed by atoms with Crippen LogP contribution in [-0.2, 0) is 15.4 Å². The van der Waals surface area contributed by atoms with Crippen LogP contribution in [0.2, 0.25) is 0 Å². The van der Waals surface area contributed by atoms with E-state index in [4.69, 9.17) is 14.5 Å². The topological polar surface area (TPSA) is 71.4 Å². The molecule has 0 amide bonds. The predicted octanol–water partition coefficient (Wildman–Crippen LogP) is 5.88. The maximum atomic E-state index is 13.6. The molecule has 2 aliphatic heterocycles. The summed E-state index contributed by atoms with van der Waals surface area (Å²) in [6.45, 7) is 11.7. The van der Waals surface area contributed by atoms with Gasteiger partial charge in [-0.25, -0.2) is 13.4 Å². The number of sulfonamides is 1. The number of fused-ring (bicyclic) bond motifs is 2. The molecule has 8 heteroatoms.